The summed E-state index contributed by atoms with van der Waals surface area (Å²) in [4.78, 5) is 17.3. The molecule has 1 amide bonds. The molecule has 1 rings (SSSR count). The van der Waals surface area contributed by atoms with Gasteiger partial charge in [-0.05, 0) is 64.9 Å². The first-order chi connectivity index (χ1) is 15.1. The lowest BCUT2D eigenvalue weighted by atomic mass is 9.86. The predicted molar refractivity (Wildman–Crippen MR) is 142 cm³/mol. The van der Waals surface area contributed by atoms with Gasteiger partial charge in [0, 0.05) is 23.2 Å². The number of hydrogen-bond donors (Lipinski definition) is 1. The second-order valence-corrected chi connectivity index (χ2v) is 9.47. The van der Waals surface area contributed by atoms with E-state index in [4.69, 9.17) is 16.3 Å². The van der Waals surface area contributed by atoms with Crippen molar-refractivity contribution < 1.29 is 9.53 Å². The van der Waals surface area contributed by atoms with E-state index in [1.807, 2.05) is 32.1 Å². The third-order valence-electron chi connectivity index (χ3n) is 4.86. The number of allylic oxidation sites excluding steroid dienone is 9. The van der Waals surface area contributed by atoms with Crippen molar-refractivity contribution in [2.45, 2.75) is 52.7 Å². The van der Waals surface area contributed by atoms with Crippen LogP contribution in [-0.2, 0) is 9.53 Å². The molecule has 1 heterocycles. The lowest BCUT2D eigenvalue weighted by molar-refractivity contribution is -0.139. The topological polar surface area (TPSA) is 50.7 Å². The van der Waals surface area contributed by atoms with Gasteiger partial charge in [-0.15, -0.1) is 0 Å². The summed E-state index contributed by atoms with van der Waals surface area (Å²) in [6.45, 7) is 17.0. The first-order valence-electron chi connectivity index (χ1n) is 10.7. The van der Waals surface area contributed by atoms with Gasteiger partial charge in [-0.1, -0.05) is 75.1 Å². The number of carbonyl (C=O) groups is 1. The van der Waals surface area contributed by atoms with Crippen LogP contribution in [0.25, 0.3) is 0 Å². The van der Waals surface area contributed by atoms with Crippen molar-refractivity contribution in [1.82, 2.24) is 5.32 Å². The zero-order valence-corrected chi connectivity index (χ0v) is 21.6. The second-order valence-electron chi connectivity index (χ2n) is 7.93. The van der Waals surface area contributed by atoms with E-state index in [0.717, 1.165) is 20.3 Å². The van der Waals surface area contributed by atoms with Crippen molar-refractivity contribution in [3.05, 3.63) is 83.6 Å². The number of carbonyl (C=O) groups excluding carboxylic acids is 1. The summed E-state index contributed by atoms with van der Waals surface area (Å²) in [6.07, 6.45) is 16.5. The fourth-order valence-corrected chi connectivity index (χ4v) is 4.05. The SMILES string of the molecule is C=C/C=C(\N=C/C)OC(C)(C)C(=O)NC(C)C(CC(=C)/C=C\C(Cl)=C/C)C1=CPCC=C1. The Balaban J connectivity index is 3.01. The Hall–Kier alpha value is -2.16. The van der Waals surface area contributed by atoms with Gasteiger partial charge in [-0.2, -0.15) is 0 Å². The smallest absolute Gasteiger partial charge is 0.263 e. The summed E-state index contributed by atoms with van der Waals surface area (Å²) in [5.41, 5.74) is 1.06. The molecule has 0 bridgehead atoms. The minimum atomic E-state index is -1.10. The van der Waals surface area contributed by atoms with Gasteiger partial charge in [0.25, 0.3) is 5.91 Å². The number of aliphatic imine (C=N–C) groups is 1. The van der Waals surface area contributed by atoms with Gasteiger partial charge < -0.3 is 10.1 Å². The van der Waals surface area contributed by atoms with E-state index < -0.39 is 5.60 Å². The van der Waals surface area contributed by atoms with Crippen LogP contribution in [0, 0.1) is 5.92 Å². The second kappa shape index (κ2) is 14.1. The first-order valence-corrected chi connectivity index (χ1v) is 12.4. The summed E-state index contributed by atoms with van der Waals surface area (Å²) < 4.78 is 5.87. The minimum absolute atomic E-state index is 0.0807. The predicted octanol–water partition coefficient (Wildman–Crippen LogP) is 6.80. The molecule has 3 unspecified atom stereocenters. The Morgan fingerprint density at radius 1 is 1.41 bits per heavy atom. The van der Waals surface area contributed by atoms with E-state index in [1.165, 1.54) is 5.57 Å². The molecule has 6 heteroatoms. The standard InChI is InChI=1S/C26H36ClN2O2P/c1-8-12-24(28-10-3)31-26(6,7)25(30)29-20(5)23(21-13-11-16-32-18-21)17-19(4)14-15-22(27)9-2/h8-15,18,20,23,32H,1,4,16-17H2,2-3,5-7H3,(H,29,30)/b15-14-,22-9+,24-12+,28-10-. The lowest BCUT2D eigenvalue weighted by Crippen LogP contribution is -2.49. The number of nitrogens with one attached hydrogen (secondary N) is 1. The fraction of sp³-hybridized carbons (Fsp3) is 0.385. The van der Waals surface area contributed by atoms with Crippen molar-refractivity contribution in [3.8, 4) is 0 Å². The Labute approximate surface area is 200 Å². The molecule has 32 heavy (non-hydrogen) atoms. The maximum Gasteiger partial charge on any atom is 0.263 e. The van der Waals surface area contributed by atoms with Crippen molar-refractivity contribution in [2.24, 2.45) is 10.9 Å². The van der Waals surface area contributed by atoms with Crippen molar-refractivity contribution >= 4 is 32.3 Å². The van der Waals surface area contributed by atoms with E-state index >= 15 is 0 Å². The number of rotatable bonds is 12. The summed E-state index contributed by atoms with van der Waals surface area (Å²) in [7, 11) is 0.745. The highest BCUT2D eigenvalue weighted by Gasteiger charge is 2.33. The van der Waals surface area contributed by atoms with Crippen molar-refractivity contribution in [2.75, 3.05) is 6.16 Å². The van der Waals surface area contributed by atoms with E-state index in [-0.39, 0.29) is 17.9 Å². The third kappa shape index (κ3) is 9.54. The minimum Gasteiger partial charge on any atom is -0.462 e. The molecule has 0 aromatic carbocycles. The van der Waals surface area contributed by atoms with Crippen molar-refractivity contribution in [3.63, 3.8) is 0 Å². The van der Waals surface area contributed by atoms with Crippen LogP contribution in [0.2, 0.25) is 0 Å². The van der Waals surface area contributed by atoms with Gasteiger partial charge in [0.05, 0.1) is 0 Å². The van der Waals surface area contributed by atoms with E-state index in [9.17, 15) is 4.79 Å². The quantitative estimate of drug-likeness (QED) is 0.146. The molecular weight excluding hydrogens is 439 g/mol. The average Bonchev–Trinajstić information content (AvgIpc) is 2.76. The van der Waals surface area contributed by atoms with Gasteiger partial charge in [-0.3, -0.25) is 4.79 Å². The third-order valence-corrected chi connectivity index (χ3v) is 6.22. The normalized spacial score (nSPS) is 18.0. The highest BCUT2D eigenvalue weighted by molar-refractivity contribution is 7.42. The number of ether oxygens (including phenoxy) is 1. The maximum absolute atomic E-state index is 13.1. The molecule has 1 aliphatic heterocycles. The summed E-state index contributed by atoms with van der Waals surface area (Å²) in [5, 5.41) is 3.81. The molecule has 0 spiro atoms. The Bertz CT molecular complexity index is 863. The fourth-order valence-electron chi connectivity index (χ4n) is 3.07. The molecule has 4 nitrogen and oxygen atoms in total. The van der Waals surface area contributed by atoms with Gasteiger partial charge in [0.15, 0.2) is 5.60 Å². The molecule has 0 saturated heterocycles. The van der Waals surface area contributed by atoms with E-state index in [1.54, 1.807) is 39.1 Å². The van der Waals surface area contributed by atoms with Crippen LogP contribution in [0.15, 0.2) is 88.6 Å². The molecular formula is C26H36ClN2O2P. The van der Waals surface area contributed by atoms with Crippen molar-refractivity contribution in [1.29, 1.82) is 0 Å². The molecule has 3 atom stereocenters. The van der Waals surface area contributed by atoms with Gasteiger partial charge in [0.1, 0.15) is 0 Å². The molecule has 0 saturated carbocycles. The monoisotopic (exact) mass is 474 g/mol. The molecule has 0 radical (unpaired) electrons. The molecule has 1 aliphatic rings. The average molecular weight is 475 g/mol. The molecule has 0 aromatic rings. The lowest BCUT2D eigenvalue weighted by Gasteiger charge is -2.31. The van der Waals surface area contributed by atoms with Crippen LogP contribution in [0.4, 0.5) is 0 Å². The van der Waals surface area contributed by atoms with Crippen LogP contribution in [0.3, 0.4) is 0 Å². The van der Waals surface area contributed by atoms with E-state index in [0.29, 0.717) is 17.3 Å². The van der Waals surface area contributed by atoms with Gasteiger partial charge in [0.2, 0.25) is 5.88 Å². The zero-order chi connectivity index (χ0) is 24.1. The summed E-state index contributed by atoms with van der Waals surface area (Å²) in [6, 6.07) is -0.131. The van der Waals surface area contributed by atoms with Crippen LogP contribution >= 0.6 is 20.2 Å². The summed E-state index contributed by atoms with van der Waals surface area (Å²) in [5.74, 6) is 2.48. The van der Waals surface area contributed by atoms with Gasteiger partial charge >= 0.3 is 0 Å². The number of halogens is 1. The molecule has 174 valence electrons. The Morgan fingerprint density at radius 2 is 2.12 bits per heavy atom. The molecule has 0 fully saturated rings. The largest absolute Gasteiger partial charge is 0.462 e. The first kappa shape index (κ1) is 27.9. The Morgan fingerprint density at radius 3 is 2.69 bits per heavy atom. The van der Waals surface area contributed by atoms with Crippen LogP contribution in [-0.4, -0.2) is 29.9 Å². The van der Waals surface area contributed by atoms with Gasteiger partial charge in [-0.25, -0.2) is 4.99 Å². The molecule has 0 aliphatic carbocycles. The Kier molecular flexibility index (Phi) is 12.3. The number of amides is 1. The molecule has 1 N–H and O–H groups in total. The number of nitrogens with zero attached hydrogens (tertiary/aromatic N) is 1. The van der Waals surface area contributed by atoms with Crippen LogP contribution in [0.5, 0.6) is 0 Å². The van der Waals surface area contributed by atoms with Crippen LogP contribution in [0.1, 0.15) is 41.0 Å². The highest BCUT2D eigenvalue weighted by atomic mass is 35.5. The number of hydrogen-bond acceptors (Lipinski definition) is 3. The van der Waals surface area contributed by atoms with E-state index in [2.05, 4.69) is 41.4 Å². The van der Waals surface area contributed by atoms with Crippen LogP contribution < -0.4 is 5.32 Å². The molecule has 0 aromatic heterocycles. The maximum atomic E-state index is 13.1. The highest BCUT2D eigenvalue weighted by Crippen LogP contribution is 2.32. The zero-order valence-electron chi connectivity index (χ0n) is 19.8. The summed E-state index contributed by atoms with van der Waals surface area (Å²) >= 11 is 6.08.